The van der Waals surface area contributed by atoms with Gasteiger partial charge in [0.1, 0.15) is 0 Å². The van der Waals surface area contributed by atoms with Crippen molar-refractivity contribution in [2.75, 3.05) is 26.7 Å². The molecule has 3 rings (SSSR count). The van der Waals surface area contributed by atoms with Crippen LogP contribution in [-0.4, -0.2) is 56.7 Å². The van der Waals surface area contributed by atoms with E-state index in [9.17, 15) is 4.79 Å². The zero-order chi connectivity index (χ0) is 21.7. The standard InChI is InChI=1S/C23H35N5OS/c1-5-7-13-25(4)22(29)19-11-14-26(15-12-19)17-28-23(30)27(6-2)21(24-28)20-10-8-9-18(3)16-20/h8-10,16,19H,5-7,11-15,17H2,1-4H3. The first kappa shape index (κ1) is 22.7. The number of aryl methyl sites for hydroxylation is 1. The summed E-state index contributed by atoms with van der Waals surface area (Å²) in [7, 11) is 1.94. The van der Waals surface area contributed by atoms with Crippen LogP contribution in [0, 0.1) is 17.6 Å². The molecule has 7 heteroatoms. The topological polar surface area (TPSA) is 46.3 Å². The zero-order valence-electron chi connectivity index (χ0n) is 18.8. The maximum absolute atomic E-state index is 12.7. The third kappa shape index (κ3) is 5.19. The molecular weight excluding hydrogens is 394 g/mol. The minimum Gasteiger partial charge on any atom is -0.346 e. The molecule has 1 saturated heterocycles. The average molecular weight is 430 g/mol. The average Bonchev–Trinajstić information content (AvgIpc) is 3.07. The van der Waals surface area contributed by atoms with Gasteiger partial charge >= 0.3 is 0 Å². The first-order valence-corrected chi connectivity index (χ1v) is 11.6. The Balaban J connectivity index is 1.65. The van der Waals surface area contributed by atoms with Crippen molar-refractivity contribution in [1.82, 2.24) is 24.1 Å². The van der Waals surface area contributed by atoms with E-state index in [1.54, 1.807) is 0 Å². The molecule has 2 heterocycles. The predicted molar refractivity (Wildman–Crippen MR) is 124 cm³/mol. The number of hydrogen-bond acceptors (Lipinski definition) is 4. The van der Waals surface area contributed by atoms with Crippen molar-refractivity contribution in [1.29, 1.82) is 0 Å². The predicted octanol–water partition coefficient (Wildman–Crippen LogP) is 4.34. The van der Waals surface area contributed by atoms with Crippen molar-refractivity contribution in [3.63, 3.8) is 0 Å². The van der Waals surface area contributed by atoms with E-state index in [0.29, 0.717) is 12.6 Å². The van der Waals surface area contributed by atoms with Crippen LogP contribution in [0.2, 0.25) is 0 Å². The minimum absolute atomic E-state index is 0.145. The summed E-state index contributed by atoms with van der Waals surface area (Å²) in [6, 6.07) is 8.40. The molecule has 1 aromatic carbocycles. The van der Waals surface area contributed by atoms with Gasteiger partial charge < -0.3 is 9.47 Å². The quantitative estimate of drug-likeness (QED) is 0.586. The molecule has 0 saturated carbocycles. The summed E-state index contributed by atoms with van der Waals surface area (Å²) in [5.74, 6) is 1.37. The monoisotopic (exact) mass is 429 g/mol. The number of nitrogens with zero attached hydrogens (tertiary/aromatic N) is 5. The van der Waals surface area contributed by atoms with Crippen LogP contribution in [0.25, 0.3) is 11.4 Å². The van der Waals surface area contributed by atoms with Crippen LogP contribution >= 0.6 is 12.2 Å². The number of aromatic nitrogens is 3. The molecule has 0 radical (unpaired) electrons. The molecule has 1 aliphatic heterocycles. The lowest BCUT2D eigenvalue weighted by Crippen LogP contribution is -2.42. The van der Waals surface area contributed by atoms with Gasteiger partial charge in [-0.05, 0) is 51.4 Å². The largest absolute Gasteiger partial charge is 0.346 e. The number of unbranched alkanes of at least 4 members (excludes halogenated alkanes) is 1. The van der Waals surface area contributed by atoms with E-state index in [2.05, 4.69) is 54.5 Å². The van der Waals surface area contributed by atoms with Crippen molar-refractivity contribution in [3.05, 3.63) is 34.6 Å². The highest BCUT2D eigenvalue weighted by Crippen LogP contribution is 2.22. The number of piperidine rings is 1. The molecule has 2 aromatic rings. The Hall–Kier alpha value is -1.99. The van der Waals surface area contributed by atoms with E-state index in [1.807, 2.05) is 16.6 Å². The third-order valence-electron chi connectivity index (χ3n) is 6.01. The van der Waals surface area contributed by atoms with Gasteiger partial charge in [-0.2, -0.15) is 5.10 Å². The molecule has 1 aliphatic rings. The van der Waals surface area contributed by atoms with Gasteiger partial charge in [0.05, 0.1) is 6.67 Å². The highest BCUT2D eigenvalue weighted by atomic mass is 32.1. The van der Waals surface area contributed by atoms with Crippen LogP contribution < -0.4 is 0 Å². The Labute approximate surface area is 185 Å². The number of benzene rings is 1. The number of likely N-dealkylation sites (tertiary alicyclic amines) is 1. The van der Waals surface area contributed by atoms with Crippen molar-refractivity contribution < 1.29 is 4.79 Å². The molecule has 0 spiro atoms. The van der Waals surface area contributed by atoms with Crippen LogP contribution in [0.4, 0.5) is 0 Å². The van der Waals surface area contributed by atoms with E-state index in [0.717, 1.165) is 68.0 Å². The zero-order valence-corrected chi connectivity index (χ0v) is 19.6. The summed E-state index contributed by atoms with van der Waals surface area (Å²) in [5, 5.41) is 4.86. The van der Waals surface area contributed by atoms with E-state index in [4.69, 9.17) is 17.3 Å². The number of rotatable bonds is 8. The molecule has 30 heavy (non-hydrogen) atoms. The van der Waals surface area contributed by atoms with Gasteiger partial charge in [0.25, 0.3) is 0 Å². The lowest BCUT2D eigenvalue weighted by Gasteiger charge is -2.32. The molecule has 0 atom stereocenters. The van der Waals surface area contributed by atoms with Gasteiger partial charge in [0.2, 0.25) is 5.91 Å². The molecule has 1 amide bonds. The highest BCUT2D eigenvalue weighted by molar-refractivity contribution is 7.71. The van der Waals surface area contributed by atoms with E-state index >= 15 is 0 Å². The van der Waals surface area contributed by atoms with Crippen LogP contribution in [0.1, 0.15) is 45.1 Å². The molecule has 0 bridgehead atoms. The van der Waals surface area contributed by atoms with Crippen LogP contribution in [-0.2, 0) is 18.0 Å². The lowest BCUT2D eigenvalue weighted by molar-refractivity contribution is -0.135. The maximum atomic E-state index is 12.7. The Morgan fingerprint density at radius 2 is 2.00 bits per heavy atom. The Morgan fingerprint density at radius 1 is 1.27 bits per heavy atom. The fraction of sp³-hybridized carbons (Fsp3) is 0.609. The van der Waals surface area contributed by atoms with Crippen molar-refractivity contribution in [2.24, 2.45) is 5.92 Å². The minimum atomic E-state index is 0.145. The Morgan fingerprint density at radius 3 is 2.63 bits per heavy atom. The number of carbonyl (C=O) groups excluding carboxylic acids is 1. The van der Waals surface area contributed by atoms with E-state index in [1.165, 1.54) is 5.56 Å². The van der Waals surface area contributed by atoms with Crippen molar-refractivity contribution >= 4 is 18.1 Å². The van der Waals surface area contributed by atoms with Gasteiger partial charge in [-0.3, -0.25) is 9.69 Å². The maximum Gasteiger partial charge on any atom is 0.225 e. The number of amides is 1. The summed E-state index contributed by atoms with van der Waals surface area (Å²) in [4.78, 5) is 16.9. The molecule has 1 aromatic heterocycles. The molecule has 0 aliphatic carbocycles. The normalized spacial score (nSPS) is 15.5. The number of carbonyl (C=O) groups is 1. The fourth-order valence-corrected chi connectivity index (χ4v) is 4.46. The SMILES string of the molecule is CCCCN(C)C(=O)C1CCN(Cn2nc(-c3cccc(C)c3)n(CC)c2=S)CC1. The second kappa shape index (κ2) is 10.4. The summed E-state index contributed by atoms with van der Waals surface area (Å²) in [5.41, 5.74) is 2.31. The van der Waals surface area contributed by atoms with Gasteiger partial charge in [-0.15, -0.1) is 0 Å². The summed E-state index contributed by atoms with van der Waals surface area (Å²) >= 11 is 5.73. The van der Waals surface area contributed by atoms with Crippen LogP contribution in [0.5, 0.6) is 0 Å². The van der Waals surface area contributed by atoms with Crippen molar-refractivity contribution in [3.8, 4) is 11.4 Å². The van der Waals surface area contributed by atoms with Gasteiger partial charge in [-0.25, -0.2) is 4.68 Å². The number of hydrogen-bond donors (Lipinski definition) is 0. The van der Waals surface area contributed by atoms with Crippen LogP contribution in [0.15, 0.2) is 24.3 Å². The molecular formula is C23H35N5OS. The molecule has 6 nitrogen and oxygen atoms in total. The summed E-state index contributed by atoms with van der Waals surface area (Å²) in [6.07, 6.45) is 4.00. The first-order valence-electron chi connectivity index (χ1n) is 11.2. The second-order valence-electron chi connectivity index (χ2n) is 8.37. The fourth-order valence-electron chi connectivity index (χ4n) is 4.14. The molecule has 0 unspecified atom stereocenters. The third-order valence-corrected chi connectivity index (χ3v) is 6.44. The second-order valence-corrected chi connectivity index (χ2v) is 8.73. The lowest BCUT2D eigenvalue weighted by atomic mass is 9.95. The van der Waals surface area contributed by atoms with Crippen molar-refractivity contribution in [2.45, 2.75) is 59.7 Å². The summed E-state index contributed by atoms with van der Waals surface area (Å²) in [6.45, 7) is 10.5. The van der Waals surface area contributed by atoms with Gasteiger partial charge in [0, 0.05) is 44.7 Å². The molecule has 0 N–H and O–H groups in total. The highest BCUT2D eigenvalue weighted by Gasteiger charge is 2.27. The smallest absolute Gasteiger partial charge is 0.225 e. The summed E-state index contributed by atoms with van der Waals surface area (Å²) < 4.78 is 4.79. The molecule has 1 fully saturated rings. The van der Waals surface area contributed by atoms with E-state index < -0.39 is 0 Å². The van der Waals surface area contributed by atoms with E-state index in [-0.39, 0.29) is 5.92 Å². The van der Waals surface area contributed by atoms with Gasteiger partial charge in [0.15, 0.2) is 10.6 Å². The Bertz CT molecular complexity index is 911. The Kier molecular flexibility index (Phi) is 7.83. The first-order chi connectivity index (χ1) is 14.4. The van der Waals surface area contributed by atoms with Gasteiger partial charge in [-0.1, -0.05) is 37.1 Å². The van der Waals surface area contributed by atoms with Crippen LogP contribution in [0.3, 0.4) is 0 Å². The molecule has 164 valence electrons.